The van der Waals surface area contributed by atoms with Gasteiger partial charge in [-0.3, -0.25) is 0 Å². The number of hydrogen-bond donors (Lipinski definition) is 1. The lowest BCUT2D eigenvalue weighted by atomic mass is 10.1. The van der Waals surface area contributed by atoms with Crippen molar-refractivity contribution in [2.24, 2.45) is 0 Å². The number of hydrogen-bond acceptors (Lipinski definition) is 2. The molecule has 108 valence electrons. The van der Waals surface area contributed by atoms with Crippen molar-refractivity contribution in [3.05, 3.63) is 70.0 Å². The Labute approximate surface area is 128 Å². The summed E-state index contributed by atoms with van der Waals surface area (Å²) in [7, 11) is 0. The molecule has 0 spiro atoms. The minimum Gasteiger partial charge on any atom is -0.384 e. The zero-order chi connectivity index (χ0) is 15.1. The van der Waals surface area contributed by atoms with Crippen molar-refractivity contribution in [2.45, 2.75) is 13.2 Å². The van der Waals surface area contributed by atoms with Crippen molar-refractivity contribution in [1.29, 1.82) is 0 Å². The smallest absolute Gasteiger partial charge is 0.124 e. The monoisotopic (exact) mass is 304 g/mol. The van der Waals surface area contributed by atoms with Crippen LogP contribution in [0.5, 0.6) is 0 Å². The van der Waals surface area contributed by atoms with Gasteiger partial charge in [0, 0.05) is 10.6 Å². The molecule has 0 aliphatic carbocycles. The lowest BCUT2D eigenvalue weighted by molar-refractivity contribution is 0.107. The van der Waals surface area contributed by atoms with Gasteiger partial charge in [-0.25, -0.2) is 4.39 Å². The van der Waals surface area contributed by atoms with E-state index < -0.39 is 0 Å². The van der Waals surface area contributed by atoms with Gasteiger partial charge in [0.05, 0.1) is 13.2 Å². The molecular formula is C17H14ClFO2. The number of benzene rings is 2. The predicted octanol–water partition coefficient (Wildman–Crippen LogP) is 3.54. The highest BCUT2D eigenvalue weighted by Gasteiger charge is 2.04. The van der Waals surface area contributed by atoms with Gasteiger partial charge in [0.25, 0.3) is 0 Å². The van der Waals surface area contributed by atoms with Crippen LogP contribution in [0, 0.1) is 17.7 Å². The molecule has 0 aromatic heterocycles. The minimum atomic E-state index is -0.368. The fraction of sp³-hybridized carbons (Fsp3) is 0.176. The Balaban J connectivity index is 2.05. The maximum Gasteiger partial charge on any atom is 0.124 e. The van der Waals surface area contributed by atoms with E-state index >= 15 is 0 Å². The molecule has 2 aromatic carbocycles. The van der Waals surface area contributed by atoms with Gasteiger partial charge >= 0.3 is 0 Å². The van der Waals surface area contributed by atoms with Crippen molar-refractivity contribution in [3.63, 3.8) is 0 Å². The van der Waals surface area contributed by atoms with Gasteiger partial charge in [0.1, 0.15) is 12.4 Å². The molecule has 21 heavy (non-hydrogen) atoms. The summed E-state index contributed by atoms with van der Waals surface area (Å²) in [6.45, 7) is 0.390. The lowest BCUT2D eigenvalue weighted by Gasteiger charge is -2.08. The van der Waals surface area contributed by atoms with E-state index in [1.54, 1.807) is 12.1 Å². The van der Waals surface area contributed by atoms with Crippen LogP contribution in [0.25, 0.3) is 0 Å². The van der Waals surface area contributed by atoms with Crippen molar-refractivity contribution in [1.82, 2.24) is 0 Å². The van der Waals surface area contributed by atoms with Crippen molar-refractivity contribution in [2.75, 3.05) is 6.61 Å². The van der Waals surface area contributed by atoms with Crippen LogP contribution in [0.15, 0.2) is 42.5 Å². The van der Waals surface area contributed by atoms with Crippen LogP contribution in [0.3, 0.4) is 0 Å². The normalized spacial score (nSPS) is 10.0. The van der Waals surface area contributed by atoms with E-state index in [0.717, 1.165) is 11.1 Å². The largest absolute Gasteiger partial charge is 0.384 e. The van der Waals surface area contributed by atoms with E-state index in [0.29, 0.717) is 23.8 Å². The molecule has 4 heteroatoms. The Morgan fingerprint density at radius 1 is 1.10 bits per heavy atom. The van der Waals surface area contributed by atoms with Gasteiger partial charge in [0.15, 0.2) is 0 Å². The molecule has 0 aliphatic rings. The van der Waals surface area contributed by atoms with E-state index in [1.807, 2.05) is 18.2 Å². The van der Waals surface area contributed by atoms with Crippen LogP contribution in [0.1, 0.15) is 16.7 Å². The Morgan fingerprint density at radius 2 is 1.86 bits per heavy atom. The van der Waals surface area contributed by atoms with Crippen LogP contribution < -0.4 is 0 Å². The van der Waals surface area contributed by atoms with Gasteiger partial charge in [0.2, 0.25) is 0 Å². The molecule has 2 aromatic rings. The highest BCUT2D eigenvalue weighted by molar-refractivity contribution is 6.31. The van der Waals surface area contributed by atoms with E-state index in [1.165, 1.54) is 12.1 Å². The molecule has 0 saturated carbocycles. The van der Waals surface area contributed by atoms with Crippen LogP contribution in [0.4, 0.5) is 4.39 Å². The standard InChI is InChI=1S/C17H14ClFO2/c18-17-6-2-1-4-15(17)12-21-11-14-7-8-16(19)10-13(14)5-3-9-20/h1-2,4,6-8,10,20H,9,11-12H2. The third kappa shape index (κ3) is 4.57. The second-order valence-electron chi connectivity index (χ2n) is 4.35. The number of halogens is 2. The number of rotatable bonds is 4. The molecule has 2 nitrogen and oxygen atoms in total. The van der Waals surface area contributed by atoms with Gasteiger partial charge in [-0.05, 0) is 29.3 Å². The average Bonchev–Trinajstić information content (AvgIpc) is 2.49. The summed E-state index contributed by atoms with van der Waals surface area (Å²) in [4.78, 5) is 0. The Hall–Kier alpha value is -1.86. The van der Waals surface area contributed by atoms with E-state index in [2.05, 4.69) is 11.8 Å². The molecular weight excluding hydrogens is 291 g/mol. The summed E-state index contributed by atoms with van der Waals surface area (Å²) in [5.74, 6) is 4.86. The predicted molar refractivity (Wildman–Crippen MR) is 80.3 cm³/mol. The fourth-order valence-corrected chi connectivity index (χ4v) is 2.00. The molecule has 0 atom stereocenters. The molecule has 0 saturated heterocycles. The second-order valence-corrected chi connectivity index (χ2v) is 4.75. The van der Waals surface area contributed by atoms with E-state index in [-0.39, 0.29) is 12.4 Å². The quantitative estimate of drug-likeness (QED) is 0.876. The summed E-state index contributed by atoms with van der Waals surface area (Å²) in [6.07, 6.45) is 0. The fourth-order valence-electron chi connectivity index (χ4n) is 1.81. The first-order chi connectivity index (χ1) is 10.2. The third-order valence-electron chi connectivity index (χ3n) is 2.85. The van der Waals surface area contributed by atoms with Crippen molar-refractivity contribution >= 4 is 11.6 Å². The number of ether oxygens (including phenoxy) is 1. The summed E-state index contributed by atoms with van der Waals surface area (Å²) >= 11 is 6.05. The summed E-state index contributed by atoms with van der Waals surface area (Å²) in [6, 6.07) is 11.8. The topological polar surface area (TPSA) is 29.5 Å². The summed E-state index contributed by atoms with van der Waals surface area (Å²) < 4.78 is 18.8. The van der Waals surface area contributed by atoms with Gasteiger partial charge < -0.3 is 9.84 Å². The van der Waals surface area contributed by atoms with E-state index in [4.69, 9.17) is 21.4 Å². The molecule has 0 unspecified atom stereocenters. The highest BCUT2D eigenvalue weighted by atomic mass is 35.5. The zero-order valence-electron chi connectivity index (χ0n) is 11.3. The van der Waals surface area contributed by atoms with Gasteiger partial charge in [-0.15, -0.1) is 0 Å². The molecule has 1 N–H and O–H groups in total. The Morgan fingerprint density at radius 3 is 2.62 bits per heavy atom. The van der Waals surface area contributed by atoms with Crippen LogP contribution in [0.2, 0.25) is 5.02 Å². The van der Waals surface area contributed by atoms with Crippen LogP contribution >= 0.6 is 11.6 Å². The van der Waals surface area contributed by atoms with Gasteiger partial charge in [-0.1, -0.05) is 47.7 Å². The SMILES string of the molecule is OCC#Cc1cc(F)ccc1COCc1ccccc1Cl. The Kier molecular flexibility index (Phi) is 5.77. The first kappa shape index (κ1) is 15.5. The third-order valence-corrected chi connectivity index (χ3v) is 3.22. The number of aliphatic hydroxyl groups is 1. The molecule has 2 rings (SSSR count). The Bertz CT molecular complexity index is 674. The first-order valence-electron chi connectivity index (χ1n) is 6.40. The first-order valence-corrected chi connectivity index (χ1v) is 6.78. The zero-order valence-corrected chi connectivity index (χ0v) is 12.0. The van der Waals surface area contributed by atoms with E-state index in [9.17, 15) is 4.39 Å². The maximum atomic E-state index is 13.2. The minimum absolute atomic E-state index is 0.267. The van der Waals surface area contributed by atoms with Crippen molar-refractivity contribution in [3.8, 4) is 11.8 Å². The maximum absolute atomic E-state index is 13.2. The lowest BCUT2D eigenvalue weighted by Crippen LogP contribution is -1.98. The summed E-state index contributed by atoms with van der Waals surface area (Å²) in [5.41, 5.74) is 2.18. The van der Waals surface area contributed by atoms with Crippen LogP contribution in [-0.2, 0) is 18.0 Å². The summed E-state index contributed by atoms with van der Waals surface area (Å²) in [5, 5.41) is 9.38. The molecule has 0 radical (unpaired) electrons. The van der Waals surface area contributed by atoms with Crippen molar-refractivity contribution < 1.29 is 14.2 Å². The molecule has 0 aliphatic heterocycles. The average molecular weight is 305 g/mol. The highest BCUT2D eigenvalue weighted by Crippen LogP contribution is 2.17. The molecule has 0 fully saturated rings. The second kappa shape index (κ2) is 7.80. The molecule has 0 heterocycles. The van der Waals surface area contributed by atoms with Gasteiger partial charge in [-0.2, -0.15) is 0 Å². The molecule has 0 bridgehead atoms. The number of aliphatic hydroxyl groups excluding tert-OH is 1. The van der Waals surface area contributed by atoms with Crippen LogP contribution in [-0.4, -0.2) is 11.7 Å². The molecule has 0 amide bonds.